The first-order valence-electron chi connectivity index (χ1n) is 6.42. The second-order valence-corrected chi connectivity index (χ2v) is 5.08. The zero-order valence-electron chi connectivity index (χ0n) is 10.9. The van der Waals surface area contributed by atoms with Crippen molar-refractivity contribution in [2.24, 2.45) is 0 Å². The van der Waals surface area contributed by atoms with Crippen molar-refractivity contribution < 1.29 is 9.90 Å². The highest BCUT2D eigenvalue weighted by atomic mass is 16.4. The first kappa shape index (κ1) is 12.7. The Kier molecular flexibility index (Phi) is 3.45. The number of nitrogen functional groups attached to an aromatic ring is 1. The summed E-state index contributed by atoms with van der Waals surface area (Å²) in [6.07, 6.45) is 3.35. The van der Waals surface area contributed by atoms with Gasteiger partial charge in [0.2, 0.25) is 0 Å². The van der Waals surface area contributed by atoms with Crippen LogP contribution < -0.4 is 10.6 Å². The number of rotatable bonds is 2. The van der Waals surface area contributed by atoms with Gasteiger partial charge in [0.25, 0.3) is 0 Å². The molecule has 2 atom stereocenters. The molecule has 2 unspecified atom stereocenters. The lowest BCUT2D eigenvalue weighted by molar-refractivity contribution is 0.0697. The molecule has 4 nitrogen and oxygen atoms in total. The molecule has 1 saturated heterocycles. The van der Waals surface area contributed by atoms with E-state index in [1.165, 1.54) is 6.42 Å². The molecule has 1 aromatic carbocycles. The number of aromatic carboxylic acids is 1. The number of nitrogens with zero attached hydrogens (tertiary/aromatic N) is 1. The Hall–Kier alpha value is -1.71. The summed E-state index contributed by atoms with van der Waals surface area (Å²) in [6.45, 7) is 4.27. The van der Waals surface area contributed by atoms with Gasteiger partial charge in [0.15, 0.2) is 0 Å². The monoisotopic (exact) mass is 248 g/mol. The number of carboxylic acids is 1. The molecule has 3 N–H and O–H groups in total. The quantitative estimate of drug-likeness (QED) is 0.790. The third-order valence-electron chi connectivity index (χ3n) is 3.75. The fourth-order valence-electron chi connectivity index (χ4n) is 2.88. The Bertz CT molecular complexity index is 449. The van der Waals surface area contributed by atoms with Crippen LogP contribution in [0, 0.1) is 0 Å². The highest BCUT2D eigenvalue weighted by molar-refractivity contribution is 5.98. The van der Waals surface area contributed by atoms with E-state index in [0.29, 0.717) is 29.0 Å². The van der Waals surface area contributed by atoms with Crippen molar-refractivity contribution in [2.45, 2.75) is 45.2 Å². The van der Waals surface area contributed by atoms with Gasteiger partial charge in [0.05, 0.1) is 16.9 Å². The average Bonchev–Trinajstić information content (AvgIpc) is 2.30. The third-order valence-corrected chi connectivity index (χ3v) is 3.75. The number of nitrogens with two attached hydrogens (primary N) is 1. The number of hydrogen-bond donors (Lipinski definition) is 2. The predicted octanol–water partition coefficient (Wildman–Crippen LogP) is 2.73. The molecular formula is C14H20N2O2. The summed E-state index contributed by atoms with van der Waals surface area (Å²) in [5.41, 5.74) is 7.55. The molecule has 2 rings (SSSR count). The van der Waals surface area contributed by atoms with Crippen LogP contribution in [0.15, 0.2) is 18.2 Å². The van der Waals surface area contributed by atoms with Crippen molar-refractivity contribution in [3.63, 3.8) is 0 Å². The second-order valence-electron chi connectivity index (χ2n) is 5.08. The van der Waals surface area contributed by atoms with Crippen molar-refractivity contribution in [3.8, 4) is 0 Å². The van der Waals surface area contributed by atoms with E-state index in [-0.39, 0.29) is 0 Å². The number of anilines is 2. The molecule has 0 aromatic heterocycles. The number of carbonyl (C=O) groups is 1. The molecule has 1 fully saturated rings. The Morgan fingerprint density at radius 2 is 1.94 bits per heavy atom. The standard InChI is InChI=1S/C14H20N2O2/c1-9-5-3-6-10(2)16(9)13-11(14(17)18)7-4-8-12(13)15/h4,7-10H,3,5-6,15H2,1-2H3,(H,17,18). The van der Waals surface area contributed by atoms with E-state index in [1.807, 2.05) is 0 Å². The fourth-order valence-corrected chi connectivity index (χ4v) is 2.88. The van der Waals surface area contributed by atoms with Crippen molar-refractivity contribution in [1.82, 2.24) is 0 Å². The predicted molar refractivity (Wildman–Crippen MR) is 73.1 cm³/mol. The van der Waals surface area contributed by atoms with Gasteiger partial charge in [-0.05, 0) is 45.2 Å². The summed E-state index contributed by atoms with van der Waals surface area (Å²) in [5, 5.41) is 9.31. The SMILES string of the molecule is CC1CCCC(C)N1c1c(N)cccc1C(=O)O. The molecule has 0 bridgehead atoms. The van der Waals surface area contributed by atoms with Crippen LogP contribution in [0.3, 0.4) is 0 Å². The number of carboxylic acid groups (broad SMARTS) is 1. The van der Waals surface area contributed by atoms with Gasteiger partial charge in [-0.15, -0.1) is 0 Å². The average molecular weight is 248 g/mol. The first-order chi connectivity index (χ1) is 8.52. The van der Waals surface area contributed by atoms with E-state index >= 15 is 0 Å². The molecule has 0 amide bonds. The molecule has 18 heavy (non-hydrogen) atoms. The molecule has 1 aromatic rings. The maximum Gasteiger partial charge on any atom is 0.337 e. The van der Waals surface area contributed by atoms with Crippen molar-refractivity contribution >= 4 is 17.3 Å². The minimum Gasteiger partial charge on any atom is -0.478 e. The smallest absolute Gasteiger partial charge is 0.337 e. The lowest BCUT2D eigenvalue weighted by Crippen LogP contribution is -2.44. The molecule has 1 aliphatic rings. The van der Waals surface area contributed by atoms with Crippen molar-refractivity contribution in [1.29, 1.82) is 0 Å². The van der Waals surface area contributed by atoms with Gasteiger partial charge in [-0.1, -0.05) is 6.07 Å². The van der Waals surface area contributed by atoms with Gasteiger partial charge in [0, 0.05) is 12.1 Å². The zero-order valence-corrected chi connectivity index (χ0v) is 10.9. The van der Waals surface area contributed by atoms with Gasteiger partial charge in [-0.2, -0.15) is 0 Å². The second kappa shape index (κ2) is 4.88. The highest BCUT2D eigenvalue weighted by Crippen LogP contribution is 2.35. The molecule has 1 aliphatic heterocycles. The Morgan fingerprint density at radius 1 is 1.33 bits per heavy atom. The van der Waals surface area contributed by atoms with Crippen molar-refractivity contribution in [3.05, 3.63) is 23.8 Å². The van der Waals surface area contributed by atoms with E-state index in [0.717, 1.165) is 12.8 Å². The molecule has 0 spiro atoms. The molecule has 0 aliphatic carbocycles. The maximum absolute atomic E-state index is 11.3. The van der Waals surface area contributed by atoms with Crippen LogP contribution in [0.1, 0.15) is 43.5 Å². The molecule has 4 heteroatoms. The lowest BCUT2D eigenvalue weighted by atomic mass is 9.95. The van der Waals surface area contributed by atoms with Crippen LogP contribution in [0.5, 0.6) is 0 Å². The summed E-state index contributed by atoms with van der Waals surface area (Å²) in [6, 6.07) is 5.76. The molecule has 0 radical (unpaired) electrons. The van der Waals surface area contributed by atoms with Crippen molar-refractivity contribution in [2.75, 3.05) is 10.6 Å². The summed E-state index contributed by atoms with van der Waals surface area (Å²) in [5.74, 6) is -0.915. The van der Waals surface area contributed by atoms with Crippen LogP contribution in [-0.4, -0.2) is 23.2 Å². The highest BCUT2D eigenvalue weighted by Gasteiger charge is 2.29. The fraction of sp³-hybridized carbons (Fsp3) is 0.500. The van der Waals surface area contributed by atoms with Crippen LogP contribution in [0.4, 0.5) is 11.4 Å². The lowest BCUT2D eigenvalue weighted by Gasteiger charge is -2.42. The Balaban J connectivity index is 2.51. The van der Waals surface area contributed by atoms with Gasteiger partial charge < -0.3 is 15.7 Å². The molecule has 98 valence electrons. The summed E-state index contributed by atoms with van der Waals surface area (Å²) < 4.78 is 0. The summed E-state index contributed by atoms with van der Waals surface area (Å²) >= 11 is 0. The Labute approximate surface area is 107 Å². The third kappa shape index (κ3) is 2.15. The van der Waals surface area contributed by atoms with E-state index in [2.05, 4.69) is 18.7 Å². The summed E-state index contributed by atoms with van der Waals surface area (Å²) in [4.78, 5) is 13.5. The topological polar surface area (TPSA) is 66.6 Å². The normalized spacial score (nSPS) is 24.0. The van der Waals surface area contributed by atoms with E-state index in [4.69, 9.17) is 5.73 Å². The van der Waals surface area contributed by atoms with Crippen LogP contribution >= 0.6 is 0 Å². The van der Waals surface area contributed by atoms with Crippen LogP contribution in [0.25, 0.3) is 0 Å². The number of benzene rings is 1. The van der Waals surface area contributed by atoms with Gasteiger partial charge in [-0.25, -0.2) is 4.79 Å². The van der Waals surface area contributed by atoms with Crippen LogP contribution in [-0.2, 0) is 0 Å². The number of hydrogen-bond acceptors (Lipinski definition) is 3. The van der Waals surface area contributed by atoms with Gasteiger partial charge in [-0.3, -0.25) is 0 Å². The summed E-state index contributed by atoms with van der Waals surface area (Å²) in [7, 11) is 0. The zero-order chi connectivity index (χ0) is 13.3. The number of para-hydroxylation sites is 1. The van der Waals surface area contributed by atoms with Gasteiger partial charge >= 0.3 is 5.97 Å². The minimum atomic E-state index is -0.915. The minimum absolute atomic E-state index is 0.301. The number of piperidine rings is 1. The molecular weight excluding hydrogens is 228 g/mol. The Morgan fingerprint density at radius 3 is 2.50 bits per heavy atom. The van der Waals surface area contributed by atoms with Gasteiger partial charge in [0.1, 0.15) is 0 Å². The van der Waals surface area contributed by atoms with E-state index in [1.54, 1.807) is 18.2 Å². The first-order valence-corrected chi connectivity index (χ1v) is 6.42. The molecule has 1 heterocycles. The van der Waals surface area contributed by atoms with E-state index in [9.17, 15) is 9.90 Å². The maximum atomic E-state index is 11.3. The largest absolute Gasteiger partial charge is 0.478 e. The van der Waals surface area contributed by atoms with E-state index < -0.39 is 5.97 Å². The van der Waals surface area contributed by atoms with Crippen LogP contribution in [0.2, 0.25) is 0 Å². The molecule has 0 saturated carbocycles.